The number of carbonyl (C=O) groups is 1. The number of hydrogen-bond donors (Lipinski definition) is 1. The molecule has 116 valence electrons. The van der Waals surface area contributed by atoms with E-state index in [-0.39, 0.29) is 11.6 Å². The Kier molecular flexibility index (Phi) is 5.97. The molecule has 7 heteroatoms. The Bertz CT molecular complexity index is 657. The monoisotopic (exact) mass is 336 g/mol. The summed E-state index contributed by atoms with van der Waals surface area (Å²) in [5, 5.41) is 15.7. The van der Waals surface area contributed by atoms with Crippen molar-refractivity contribution in [3.63, 3.8) is 0 Å². The van der Waals surface area contributed by atoms with Crippen molar-refractivity contribution in [1.82, 2.24) is 5.32 Å². The summed E-state index contributed by atoms with van der Waals surface area (Å²) in [7, 11) is 0. The van der Waals surface area contributed by atoms with Crippen molar-refractivity contribution in [2.75, 3.05) is 12.3 Å². The van der Waals surface area contributed by atoms with Crippen LogP contribution in [-0.4, -0.2) is 23.1 Å². The molecule has 0 bridgehead atoms. The fourth-order valence-electron chi connectivity index (χ4n) is 1.97. The van der Waals surface area contributed by atoms with Crippen LogP contribution in [0.3, 0.4) is 0 Å². The molecule has 0 radical (unpaired) electrons. The number of hydrogen-bond acceptors (Lipinski definition) is 5. The fourth-order valence-corrected chi connectivity index (χ4v) is 3.67. The summed E-state index contributed by atoms with van der Waals surface area (Å²) >= 11 is 3.47. The number of rotatable bonds is 7. The van der Waals surface area contributed by atoms with Crippen molar-refractivity contribution in [2.45, 2.75) is 12.7 Å². The fraction of sp³-hybridized carbons (Fsp3) is 0.267. The quantitative estimate of drug-likeness (QED) is 0.476. The number of carbonyl (C=O) groups excluding carboxylic acids is 1. The first-order valence-corrected chi connectivity index (χ1v) is 8.75. The lowest BCUT2D eigenvalue weighted by Gasteiger charge is -2.07. The minimum atomic E-state index is -0.469. The third-order valence-electron chi connectivity index (χ3n) is 3.10. The third kappa shape index (κ3) is 4.32. The summed E-state index contributed by atoms with van der Waals surface area (Å²) in [6.07, 6.45) is 0. The molecule has 1 aromatic heterocycles. The molecule has 2 aromatic rings. The van der Waals surface area contributed by atoms with Crippen LogP contribution in [0.25, 0.3) is 0 Å². The molecule has 2 rings (SSSR count). The summed E-state index contributed by atoms with van der Waals surface area (Å²) < 4.78 is 0. The van der Waals surface area contributed by atoms with Crippen LogP contribution < -0.4 is 5.32 Å². The molecule has 0 saturated heterocycles. The zero-order valence-corrected chi connectivity index (χ0v) is 13.7. The predicted octanol–water partition coefficient (Wildman–Crippen LogP) is 3.63. The Hall–Kier alpha value is -1.86. The highest BCUT2D eigenvalue weighted by Gasteiger charge is 2.17. The maximum atomic E-state index is 12.1. The standard InChI is InChI=1S/C15H16N2O3S2/c1-11-13(5-2-6-14(11)17(19)20)15(18)16-7-9-21-10-12-4-3-8-22-12/h2-6,8H,7,9-10H2,1H3,(H,16,18). The van der Waals surface area contributed by atoms with Gasteiger partial charge in [-0.25, -0.2) is 0 Å². The van der Waals surface area contributed by atoms with Crippen LogP contribution in [0.15, 0.2) is 35.7 Å². The van der Waals surface area contributed by atoms with Crippen LogP contribution in [0.5, 0.6) is 0 Å². The van der Waals surface area contributed by atoms with Crippen LogP contribution in [0.4, 0.5) is 5.69 Å². The van der Waals surface area contributed by atoms with Crippen molar-refractivity contribution in [3.05, 3.63) is 61.8 Å². The largest absolute Gasteiger partial charge is 0.351 e. The molecule has 0 spiro atoms. The van der Waals surface area contributed by atoms with Crippen molar-refractivity contribution in [2.24, 2.45) is 0 Å². The van der Waals surface area contributed by atoms with Crippen molar-refractivity contribution < 1.29 is 9.72 Å². The maximum Gasteiger partial charge on any atom is 0.273 e. The SMILES string of the molecule is Cc1c(C(=O)NCCSCc2cccs2)cccc1[N+](=O)[O-]. The molecule has 0 atom stereocenters. The van der Waals surface area contributed by atoms with E-state index in [9.17, 15) is 14.9 Å². The zero-order valence-electron chi connectivity index (χ0n) is 12.1. The first kappa shape index (κ1) is 16.5. The highest BCUT2D eigenvalue weighted by molar-refractivity contribution is 7.98. The lowest BCUT2D eigenvalue weighted by atomic mass is 10.1. The second kappa shape index (κ2) is 7.95. The van der Waals surface area contributed by atoms with Gasteiger partial charge in [0.15, 0.2) is 0 Å². The van der Waals surface area contributed by atoms with Gasteiger partial charge in [-0.05, 0) is 24.4 Å². The van der Waals surface area contributed by atoms with E-state index in [0.29, 0.717) is 17.7 Å². The van der Waals surface area contributed by atoms with Crippen LogP contribution in [-0.2, 0) is 5.75 Å². The maximum absolute atomic E-state index is 12.1. The molecule has 0 unspecified atom stereocenters. The molecule has 22 heavy (non-hydrogen) atoms. The van der Waals surface area contributed by atoms with Gasteiger partial charge in [0.05, 0.1) is 4.92 Å². The lowest BCUT2D eigenvalue weighted by Crippen LogP contribution is -2.26. The Morgan fingerprint density at radius 2 is 2.18 bits per heavy atom. The van der Waals surface area contributed by atoms with E-state index < -0.39 is 4.92 Å². The summed E-state index contributed by atoms with van der Waals surface area (Å²) in [5.74, 6) is 1.47. The van der Waals surface area contributed by atoms with E-state index in [1.165, 1.54) is 17.0 Å². The number of nitro benzene ring substituents is 1. The van der Waals surface area contributed by atoms with Crippen LogP contribution >= 0.6 is 23.1 Å². The first-order chi connectivity index (χ1) is 10.6. The summed E-state index contributed by atoms with van der Waals surface area (Å²) in [5.41, 5.74) is 0.730. The Morgan fingerprint density at radius 3 is 2.86 bits per heavy atom. The molecule has 0 aliphatic rings. The van der Waals surface area contributed by atoms with E-state index in [1.807, 2.05) is 11.4 Å². The van der Waals surface area contributed by atoms with Gasteiger partial charge >= 0.3 is 0 Å². The van der Waals surface area contributed by atoms with Gasteiger partial charge in [-0.2, -0.15) is 11.8 Å². The van der Waals surface area contributed by atoms with Crippen LogP contribution in [0, 0.1) is 17.0 Å². The van der Waals surface area contributed by atoms with Crippen molar-refractivity contribution in [1.29, 1.82) is 0 Å². The van der Waals surface area contributed by atoms with E-state index in [4.69, 9.17) is 0 Å². The molecule has 1 aromatic carbocycles. The van der Waals surface area contributed by atoms with Crippen molar-refractivity contribution >= 4 is 34.7 Å². The number of amides is 1. The smallest absolute Gasteiger partial charge is 0.273 e. The predicted molar refractivity (Wildman–Crippen MR) is 90.6 cm³/mol. The molecule has 1 amide bonds. The van der Waals surface area contributed by atoms with Gasteiger partial charge in [-0.3, -0.25) is 14.9 Å². The molecule has 0 fully saturated rings. The number of thioether (sulfide) groups is 1. The molecule has 1 N–H and O–H groups in total. The second-order valence-electron chi connectivity index (χ2n) is 4.59. The topological polar surface area (TPSA) is 72.2 Å². The number of thiophene rings is 1. The van der Waals surface area contributed by atoms with Gasteiger partial charge in [0, 0.05) is 40.1 Å². The van der Waals surface area contributed by atoms with Gasteiger partial charge in [-0.15, -0.1) is 11.3 Å². The highest BCUT2D eigenvalue weighted by Crippen LogP contribution is 2.21. The summed E-state index contributed by atoms with van der Waals surface area (Å²) in [4.78, 5) is 23.8. The van der Waals surface area contributed by atoms with Crippen LogP contribution in [0.1, 0.15) is 20.8 Å². The molecule has 1 heterocycles. The number of benzene rings is 1. The average Bonchev–Trinajstić information content (AvgIpc) is 3.00. The zero-order chi connectivity index (χ0) is 15.9. The van der Waals surface area contributed by atoms with E-state index in [1.54, 1.807) is 36.1 Å². The number of nitro groups is 1. The summed E-state index contributed by atoms with van der Waals surface area (Å²) in [6.45, 7) is 2.13. The Balaban J connectivity index is 1.82. The Morgan fingerprint density at radius 1 is 1.36 bits per heavy atom. The molecule has 0 saturated carbocycles. The normalized spacial score (nSPS) is 10.4. The molecule has 5 nitrogen and oxygen atoms in total. The van der Waals surface area contributed by atoms with Gasteiger partial charge < -0.3 is 5.32 Å². The minimum absolute atomic E-state index is 0.0280. The molecule has 0 aliphatic heterocycles. The first-order valence-electron chi connectivity index (χ1n) is 6.72. The van der Waals surface area contributed by atoms with Gasteiger partial charge in [0.25, 0.3) is 11.6 Å². The second-order valence-corrected chi connectivity index (χ2v) is 6.73. The van der Waals surface area contributed by atoms with E-state index >= 15 is 0 Å². The van der Waals surface area contributed by atoms with Gasteiger partial charge in [0.2, 0.25) is 0 Å². The van der Waals surface area contributed by atoms with Crippen molar-refractivity contribution in [3.8, 4) is 0 Å². The van der Waals surface area contributed by atoms with Gasteiger partial charge in [0.1, 0.15) is 0 Å². The summed E-state index contributed by atoms with van der Waals surface area (Å²) in [6, 6.07) is 8.65. The number of nitrogens with zero attached hydrogens (tertiary/aromatic N) is 1. The highest BCUT2D eigenvalue weighted by atomic mass is 32.2. The Labute approximate surface area is 136 Å². The molecule has 0 aliphatic carbocycles. The van der Waals surface area contributed by atoms with E-state index in [0.717, 1.165) is 11.5 Å². The third-order valence-corrected chi connectivity index (χ3v) is 5.17. The average molecular weight is 336 g/mol. The van der Waals surface area contributed by atoms with Gasteiger partial charge in [-0.1, -0.05) is 12.1 Å². The van der Waals surface area contributed by atoms with Crippen LogP contribution in [0.2, 0.25) is 0 Å². The lowest BCUT2D eigenvalue weighted by molar-refractivity contribution is -0.385. The number of nitrogens with one attached hydrogen (secondary N) is 1. The minimum Gasteiger partial charge on any atom is -0.351 e. The van der Waals surface area contributed by atoms with E-state index in [2.05, 4.69) is 11.4 Å². The molecular weight excluding hydrogens is 320 g/mol. The molecular formula is C15H16N2O3S2.